The number of aromatic amines is 1. The molecule has 9 nitrogen and oxygen atoms in total. The molecule has 0 saturated carbocycles. The Morgan fingerprint density at radius 1 is 1.19 bits per heavy atom. The number of benzene rings is 1. The molecule has 168 valence electrons. The van der Waals surface area contributed by atoms with Gasteiger partial charge in [0.15, 0.2) is 11.5 Å². The van der Waals surface area contributed by atoms with E-state index in [-0.39, 0.29) is 6.01 Å². The van der Waals surface area contributed by atoms with Crippen molar-refractivity contribution in [2.75, 3.05) is 53.7 Å². The first-order valence-electron chi connectivity index (χ1n) is 10.3. The van der Waals surface area contributed by atoms with E-state index in [2.05, 4.69) is 25.9 Å². The quantitative estimate of drug-likeness (QED) is 0.514. The number of ether oxygens (including phenoxy) is 4. The maximum absolute atomic E-state index is 9.57. The van der Waals surface area contributed by atoms with Crippen molar-refractivity contribution in [3.63, 3.8) is 0 Å². The van der Waals surface area contributed by atoms with Crippen LogP contribution in [0.4, 0.5) is 0 Å². The molecule has 4 rings (SSSR count). The van der Waals surface area contributed by atoms with Crippen LogP contribution in [0.2, 0.25) is 5.02 Å². The van der Waals surface area contributed by atoms with Crippen LogP contribution >= 0.6 is 11.6 Å². The molecule has 32 heavy (non-hydrogen) atoms. The summed E-state index contributed by atoms with van der Waals surface area (Å²) in [5.74, 6) is 1.00. The van der Waals surface area contributed by atoms with Gasteiger partial charge in [0.1, 0.15) is 11.7 Å². The standard InChI is InChI=1S/C22H24ClN5O4/c1-29-17-10-15(16(23)11-18(17)30-2)20-19-14(12-24)13-25-21(19)27-22(26-20)32-7-3-4-28-5-8-31-9-6-28/h10-11,13H,3-9H2,1-2H3,(H,25,26,27). The second-order valence-corrected chi connectivity index (χ2v) is 7.64. The fourth-order valence-electron chi connectivity index (χ4n) is 3.67. The summed E-state index contributed by atoms with van der Waals surface area (Å²) in [6.45, 7) is 4.79. The normalized spacial score (nSPS) is 14.3. The third kappa shape index (κ3) is 4.58. The van der Waals surface area contributed by atoms with Crippen molar-refractivity contribution in [3.8, 4) is 34.8 Å². The SMILES string of the molecule is COc1cc(Cl)c(-c2nc(OCCCN3CCOCC3)nc3[nH]cc(C#N)c23)cc1OC. The molecule has 1 fully saturated rings. The van der Waals surface area contributed by atoms with Crippen molar-refractivity contribution >= 4 is 22.6 Å². The average molecular weight is 458 g/mol. The van der Waals surface area contributed by atoms with Crippen LogP contribution in [-0.4, -0.2) is 73.5 Å². The van der Waals surface area contributed by atoms with Crippen LogP contribution in [-0.2, 0) is 4.74 Å². The number of hydrogen-bond acceptors (Lipinski definition) is 8. The van der Waals surface area contributed by atoms with E-state index in [1.54, 1.807) is 32.5 Å². The minimum Gasteiger partial charge on any atom is -0.493 e. The number of nitrogens with one attached hydrogen (secondary N) is 1. The molecule has 1 aliphatic rings. The Balaban J connectivity index is 1.64. The molecule has 0 aliphatic carbocycles. The van der Waals surface area contributed by atoms with Crippen LogP contribution in [0.5, 0.6) is 17.5 Å². The van der Waals surface area contributed by atoms with Gasteiger partial charge in [0.25, 0.3) is 0 Å². The first-order valence-corrected chi connectivity index (χ1v) is 10.7. The summed E-state index contributed by atoms with van der Waals surface area (Å²) in [6.07, 6.45) is 2.43. The highest BCUT2D eigenvalue weighted by molar-refractivity contribution is 6.34. The summed E-state index contributed by atoms with van der Waals surface area (Å²) in [5.41, 5.74) is 1.99. The van der Waals surface area contributed by atoms with Crippen LogP contribution in [0.25, 0.3) is 22.3 Å². The second-order valence-electron chi connectivity index (χ2n) is 7.24. The smallest absolute Gasteiger partial charge is 0.318 e. The van der Waals surface area contributed by atoms with Gasteiger partial charge in [-0.05, 0) is 12.5 Å². The fourth-order valence-corrected chi connectivity index (χ4v) is 3.92. The highest BCUT2D eigenvalue weighted by Crippen LogP contribution is 2.40. The van der Waals surface area contributed by atoms with Crippen LogP contribution in [0.15, 0.2) is 18.3 Å². The van der Waals surface area contributed by atoms with Crippen LogP contribution in [0.3, 0.4) is 0 Å². The lowest BCUT2D eigenvalue weighted by Crippen LogP contribution is -2.37. The van der Waals surface area contributed by atoms with E-state index in [9.17, 15) is 5.26 Å². The molecule has 1 aromatic carbocycles. The van der Waals surface area contributed by atoms with Gasteiger partial charge in [-0.1, -0.05) is 11.6 Å². The lowest BCUT2D eigenvalue weighted by Gasteiger charge is -2.26. The van der Waals surface area contributed by atoms with E-state index in [4.69, 9.17) is 30.5 Å². The number of H-pyrrole nitrogens is 1. The molecular weight excluding hydrogens is 434 g/mol. The van der Waals surface area contributed by atoms with Gasteiger partial charge in [-0.2, -0.15) is 15.2 Å². The lowest BCUT2D eigenvalue weighted by molar-refractivity contribution is 0.0356. The molecular formula is C22H24ClN5O4. The minimum atomic E-state index is 0.215. The van der Waals surface area contributed by atoms with Crippen molar-refractivity contribution in [1.29, 1.82) is 5.26 Å². The molecule has 3 heterocycles. The van der Waals surface area contributed by atoms with Crippen LogP contribution in [0, 0.1) is 11.3 Å². The highest BCUT2D eigenvalue weighted by Gasteiger charge is 2.20. The van der Waals surface area contributed by atoms with E-state index >= 15 is 0 Å². The molecule has 2 aromatic heterocycles. The maximum Gasteiger partial charge on any atom is 0.318 e. The maximum atomic E-state index is 9.57. The van der Waals surface area contributed by atoms with Crippen molar-refractivity contribution in [3.05, 3.63) is 28.9 Å². The van der Waals surface area contributed by atoms with Crippen molar-refractivity contribution in [1.82, 2.24) is 19.9 Å². The number of nitrogens with zero attached hydrogens (tertiary/aromatic N) is 4. The van der Waals surface area contributed by atoms with Crippen LogP contribution in [0.1, 0.15) is 12.0 Å². The molecule has 1 N–H and O–H groups in total. The third-order valence-electron chi connectivity index (χ3n) is 5.31. The lowest BCUT2D eigenvalue weighted by atomic mass is 10.1. The van der Waals surface area contributed by atoms with Crippen molar-refractivity contribution < 1.29 is 18.9 Å². The largest absolute Gasteiger partial charge is 0.493 e. The van der Waals surface area contributed by atoms with Crippen molar-refractivity contribution in [2.45, 2.75) is 6.42 Å². The molecule has 0 atom stereocenters. The number of halogens is 1. The fraction of sp³-hybridized carbons (Fsp3) is 0.409. The molecule has 0 amide bonds. The van der Waals surface area contributed by atoms with Gasteiger partial charge < -0.3 is 23.9 Å². The Bertz CT molecular complexity index is 1140. The zero-order valence-electron chi connectivity index (χ0n) is 18.0. The average Bonchev–Trinajstić information content (AvgIpc) is 3.25. The molecule has 0 unspecified atom stereocenters. The van der Waals surface area contributed by atoms with Gasteiger partial charge in [-0.25, -0.2) is 0 Å². The zero-order valence-corrected chi connectivity index (χ0v) is 18.7. The monoisotopic (exact) mass is 457 g/mol. The van der Waals surface area contributed by atoms with Gasteiger partial charge in [0.2, 0.25) is 0 Å². The first kappa shape index (κ1) is 22.1. The summed E-state index contributed by atoms with van der Waals surface area (Å²) in [4.78, 5) is 14.4. The van der Waals surface area contributed by atoms with E-state index in [1.165, 1.54) is 0 Å². The van der Waals surface area contributed by atoms with Crippen molar-refractivity contribution in [2.24, 2.45) is 0 Å². The topological polar surface area (TPSA) is 106 Å². The van der Waals surface area contributed by atoms with E-state index in [1.807, 2.05) is 0 Å². The number of rotatable bonds is 8. The molecule has 0 bridgehead atoms. The summed E-state index contributed by atoms with van der Waals surface area (Å²) >= 11 is 6.55. The number of aromatic nitrogens is 3. The Morgan fingerprint density at radius 2 is 1.94 bits per heavy atom. The molecule has 1 saturated heterocycles. The highest BCUT2D eigenvalue weighted by atomic mass is 35.5. The summed E-state index contributed by atoms with van der Waals surface area (Å²) in [6, 6.07) is 5.78. The van der Waals surface area contributed by atoms with Crippen LogP contribution < -0.4 is 14.2 Å². The van der Waals surface area contributed by atoms with Gasteiger partial charge >= 0.3 is 6.01 Å². The summed E-state index contributed by atoms with van der Waals surface area (Å²) in [7, 11) is 3.09. The number of hydrogen-bond donors (Lipinski definition) is 1. The second kappa shape index (κ2) is 10.0. The third-order valence-corrected chi connectivity index (χ3v) is 5.63. The molecule has 1 aliphatic heterocycles. The van der Waals surface area contributed by atoms with E-state index in [0.717, 1.165) is 39.3 Å². The Morgan fingerprint density at radius 3 is 2.66 bits per heavy atom. The predicted octanol–water partition coefficient (Wildman–Crippen LogP) is 3.27. The Kier molecular flexibility index (Phi) is 6.95. The van der Waals surface area contributed by atoms with E-state index in [0.29, 0.717) is 51.0 Å². The zero-order chi connectivity index (χ0) is 22.5. The minimum absolute atomic E-state index is 0.215. The number of fused-ring (bicyclic) bond motifs is 1. The summed E-state index contributed by atoms with van der Waals surface area (Å²) in [5, 5.41) is 10.5. The number of nitriles is 1. The predicted molar refractivity (Wildman–Crippen MR) is 120 cm³/mol. The molecule has 0 spiro atoms. The summed E-state index contributed by atoms with van der Waals surface area (Å²) < 4.78 is 22.0. The van der Waals surface area contributed by atoms with E-state index < -0.39 is 0 Å². The number of methoxy groups -OCH3 is 2. The first-order chi connectivity index (χ1) is 15.6. The van der Waals surface area contributed by atoms with Gasteiger partial charge in [0, 0.05) is 37.5 Å². The molecule has 10 heteroatoms. The molecule has 0 radical (unpaired) electrons. The Hall–Kier alpha value is -3.06. The van der Waals surface area contributed by atoms with Gasteiger partial charge in [-0.3, -0.25) is 4.90 Å². The van der Waals surface area contributed by atoms with Gasteiger partial charge in [0.05, 0.1) is 55.7 Å². The van der Waals surface area contributed by atoms with Gasteiger partial charge in [-0.15, -0.1) is 0 Å². The number of morpholine rings is 1. The Labute approximate surface area is 190 Å². The molecule has 3 aromatic rings.